The number of nitrogens with one attached hydrogen (secondary N) is 2. The number of aryl methyl sites for hydroxylation is 1. The van der Waals surface area contributed by atoms with Gasteiger partial charge in [0.1, 0.15) is 23.3 Å². The van der Waals surface area contributed by atoms with E-state index in [1.54, 1.807) is 36.2 Å². The van der Waals surface area contributed by atoms with Crippen LogP contribution in [0.3, 0.4) is 0 Å². The van der Waals surface area contributed by atoms with Crippen LogP contribution in [-0.4, -0.2) is 37.0 Å². The van der Waals surface area contributed by atoms with Crippen molar-refractivity contribution in [1.82, 2.24) is 10.2 Å². The number of carbonyl (C=O) groups excluding carboxylic acids is 2. The third-order valence-corrected chi connectivity index (χ3v) is 5.85. The molecule has 1 heterocycles. The highest BCUT2D eigenvalue weighted by Crippen LogP contribution is 2.36. The van der Waals surface area contributed by atoms with E-state index >= 15 is 0 Å². The molecule has 7 heteroatoms. The maximum Gasteiger partial charge on any atom is 0.261 e. The van der Waals surface area contributed by atoms with Crippen LogP contribution in [0.25, 0.3) is 0 Å². The number of anilines is 1. The minimum Gasteiger partial charge on any atom is -0.495 e. The number of rotatable bonds is 6. The molecule has 4 rings (SSSR count). The standard InChI is InChI=1S/C26H26FN3O3/c1-16-4-6-18(7-5-16)15-28-25(31)20-12-13-21-23(24(20)33-3)26(32)30(2)22(29-21)14-17-8-10-19(27)11-9-17/h4-13,22,29H,14-15H2,1-3H3,(H,28,31). The van der Waals surface area contributed by atoms with E-state index in [4.69, 9.17) is 4.74 Å². The van der Waals surface area contributed by atoms with Crippen molar-refractivity contribution in [3.8, 4) is 5.75 Å². The molecule has 170 valence electrons. The van der Waals surface area contributed by atoms with Crippen molar-refractivity contribution in [2.75, 3.05) is 19.5 Å². The Hall–Kier alpha value is -3.87. The highest BCUT2D eigenvalue weighted by atomic mass is 19.1. The van der Waals surface area contributed by atoms with E-state index in [9.17, 15) is 14.0 Å². The number of amides is 2. The first kappa shape index (κ1) is 22.3. The van der Waals surface area contributed by atoms with Crippen molar-refractivity contribution < 1.29 is 18.7 Å². The number of hydrogen-bond donors (Lipinski definition) is 2. The van der Waals surface area contributed by atoms with Crippen LogP contribution in [0.15, 0.2) is 60.7 Å². The van der Waals surface area contributed by atoms with Crippen LogP contribution in [0.4, 0.5) is 10.1 Å². The molecule has 1 aliphatic heterocycles. The van der Waals surface area contributed by atoms with Crippen LogP contribution < -0.4 is 15.4 Å². The quantitative estimate of drug-likeness (QED) is 0.596. The van der Waals surface area contributed by atoms with E-state index in [2.05, 4.69) is 10.6 Å². The maximum absolute atomic E-state index is 13.3. The highest BCUT2D eigenvalue weighted by Gasteiger charge is 2.34. The lowest BCUT2D eigenvalue weighted by Gasteiger charge is -2.36. The van der Waals surface area contributed by atoms with E-state index in [0.29, 0.717) is 29.8 Å². The summed E-state index contributed by atoms with van der Waals surface area (Å²) in [7, 11) is 3.14. The molecule has 0 aliphatic carbocycles. The minimum absolute atomic E-state index is 0.235. The summed E-state index contributed by atoms with van der Waals surface area (Å²) in [6, 6.07) is 17.5. The average molecular weight is 448 g/mol. The largest absolute Gasteiger partial charge is 0.495 e. The summed E-state index contributed by atoms with van der Waals surface area (Å²) in [6.07, 6.45) is 0.185. The molecular weight excluding hydrogens is 421 g/mol. The number of methoxy groups -OCH3 is 1. The number of fused-ring (bicyclic) bond motifs is 1. The molecule has 2 amide bonds. The third-order valence-electron chi connectivity index (χ3n) is 5.85. The summed E-state index contributed by atoms with van der Waals surface area (Å²) in [6.45, 7) is 2.37. The number of hydrogen-bond acceptors (Lipinski definition) is 4. The van der Waals surface area contributed by atoms with E-state index in [1.807, 2.05) is 31.2 Å². The highest BCUT2D eigenvalue weighted by molar-refractivity contribution is 6.09. The van der Waals surface area contributed by atoms with E-state index < -0.39 is 0 Å². The summed E-state index contributed by atoms with van der Waals surface area (Å²) in [5, 5.41) is 6.24. The first-order chi connectivity index (χ1) is 15.9. The van der Waals surface area contributed by atoms with Crippen LogP contribution in [0.5, 0.6) is 5.75 Å². The van der Waals surface area contributed by atoms with Gasteiger partial charge in [-0.05, 0) is 42.3 Å². The van der Waals surface area contributed by atoms with Gasteiger partial charge in [0, 0.05) is 20.0 Å². The molecule has 0 radical (unpaired) electrons. The number of benzene rings is 3. The van der Waals surface area contributed by atoms with Gasteiger partial charge in [-0.1, -0.05) is 42.0 Å². The molecule has 0 saturated heterocycles. The second-order valence-corrected chi connectivity index (χ2v) is 8.14. The van der Waals surface area contributed by atoms with Crippen LogP contribution in [-0.2, 0) is 13.0 Å². The maximum atomic E-state index is 13.3. The Bertz CT molecular complexity index is 1180. The Balaban J connectivity index is 1.56. The monoisotopic (exact) mass is 447 g/mol. The molecule has 1 unspecified atom stereocenters. The van der Waals surface area contributed by atoms with Crippen molar-refractivity contribution in [2.45, 2.75) is 26.1 Å². The van der Waals surface area contributed by atoms with Crippen LogP contribution in [0.1, 0.15) is 37.4 Å². The van der Waals surface area contributed by atoms with Crippen molar-refractivity contribution >= 4 is 17.5 Å². The van der Waals surface area contributed by atoms with E-state index in [0.717, 1.165) is 16.7 Å². The summed E-state index contributed by atoms with van der Waals surface area (Å²) < 4.78 is 18.8. The molecular formula is C26H26FN3O3. The molecule has 33 heavy (non-hydrogen) atoms. The molecule has 3 aromatic rings. The van der Waals surface area contributed by atoms with Gasteiger partial charge in [0.05, 0.1) is 18.4 Å². The second kappa shape index (κ2) is 9.32. The van der Waals surface area contributed by atoms with Gasteiger partial charge < -0.3 is 20.3 Å². The van der Waals surface area contributed by atoms with Gasteiger partial charge in [0.15, 0.2) is 0 Å². The van der Waals surface area contributed by atoms with Crippen LogP contribution in [0.2, 0.25) is 0 Å². The number of likely N-dealkylation sites (N-methyl/N-ethyl adjacent to an activating group) is 1. The second-order valence-electron chi connectivity index (χ2n) is 8.14. The predicted molar refractivity (Wildman–Crippen MR) is 125 cm³/mol. The molecule has 1 atom stereocenters. The van der Waals surface area contributed by atoms with Gasteiger partial charge in [-0.25, -0.2) is 4.39 Å². The van der Waals surface area contributed by atoms with Crippen molar-refractivity contribution in [3.63, 3.8) is 0 Å². The van der Waals surface area contributed by atoms with Gasteiger partial charge in [0.25, 0.3) is 11.8 Å². The Labute approximate surface area is 192 Å². The first-order valence-electron chi connectivity index (χ1n) is 10.7. The lowest BCUT2D eigenvalue weighted by atomic mass is 9.99. The Morgan fingerprint density at radius 2 is 1.73 bits per heavy atom. The van der Waals surface area contributed by atoms with Crippen molar-refractivity contribution in [3.05, 3.63) is 94.3 Å². The molecule has 0 aromatic heterocycles. The molecule has 6 nitrogen and oxygen atoms in total. The molecule has 3 aromatic carbocycles. The SMILES string of the molecule is COc1c(C(=O)NCc2ccc(C)cc2)ccc2c1C(=O)N(C)C(Cc1ccc(F)cc1)N2. The number of halogens is 1. The minimum atomic E-state index is -0.320. The van der Waals surface area contributed by atoms with E-state index in [-0.39, 0.29) is 29.5 Å². The predicted octanol–water partition coefficient (Wildman–Crippen LogP) is 4.14. The normalized spacial score (nSPS) is 15.0. The molecule has 0 saturated carbocycles. The van der Waals surface area contributed by atoms with E-state index in [1.165, 1.54) is 19.2 Å². The van der Waals surface area contributed by atoms with Crippen molar-refractivity contribution in [2.24, 2.45) is 0 Å². The Kier molecular flexibility index (Phi) is 6.31. The lowest BCUT2D eigenvalue weighted by molar-refractivity contribution is 0.0732. The summed E-state index contributed by atoms with van der Waals surface area (Å²) in [4.78, 5) is 27.7. The molecule has 2 N–H and O–H groups in total. The summed E-state index contributed by atoms with van der Waals surface area (Å²) >= 11 is 0. The number of nitrogens with zero attached hydrogens (tertiary/aromatic N) is 1. The van der Waals surface area contributed by atoms with Gasteiger partial charge >= 0.3 is 0 Å². The fourth-order valence-corrected chi connectivity index (χ4v) is 3.92. The third kappa shape index (κ3) is 4.67. The lowest BCUT2D eigenvalue weighted by Crippen LogP contribution is -2.47. The molecule has 0 bridgehead atoms. The fourth-order valence-electron chi connectivity index (χ4n) is 3.92. The zero-order valence-corrected chi connectivity index (χ0v) is 18.8. The smallest absolute Gasteiger partial charge is 0.261 e. The number of ether oxygens (including phenoxy) is 1. The topological polar surface area (TPSA) is 70.7 Å². The molecule has 0 spiro atoms. The Morgan fingerprint density at radius 1 is 1.06 bits per heavy atom. The first-order valence-corrected chi connectivity index (χ1v) is 10.7. The Morgan fingerprint density at radius 3 is 2.39 bits per heavy atom. The van der Waals surface area contributed by atoms with Crippen LogP contribution in [0, 0.1) is 12.7 Å². The summed E-state index contributed by atoms with van der Waals surface area (Å²) in [5.41, 5.74) is 4.23. The van der Waals surface area contributed by atoms with Gasteiger partial charge in [-0.15, -0.1) is 0 Å². The zero-order valence-electron chi connectivity index (χ0n) is 18.8. The van der Waals surface area contributed by atoms with Gasteiger partial charge in [0.2, 0.25) is 0 Å². The fraction of sp³-hybridized carbons (Fsp3) is 0.231. The molecule has 0 fully saturated rings. The summed E-state index contributed by atoms with van der Waals surface area (Å²) in [5.74, 6) is -0.637. The zero-order chi connectivity index (χ0) is 23.5. The molecule has 1 aliphatic rings. The van der Waals surface area contributed by atoms with Crippen LogP contribution >= 0.6 is 0 Å². The van der Waals surface area contributed by atoms with Crippen molar-refractivity contribution in [1.29, 1.82) is 0 Å². The van der Waals surface area contributed by atoms with Gasteiger partial charge in [-0.3, -0.25) is 9.59 Å². The number of carbonyl (C=O) groups is 2. The average Bonchev–Trinajstić information content (AvgIpc) is 2.82. The van der Waals surface area contributed by atoms with Gasteiger partial charge in [-0.2, -0.15) is 0 Å².